The van der Waals surface area contributed by atoms with Gasteiger partial charge in [0.05, 0.1) is 12.2 Å². The van der Waals surface area contributed by atoms with Gasteiger partial charge in [0.15, 0.2) is 0 Å². The van der Waals surface area contributed by atoms with Crippen molar-refractivity contribution in [2.75, 3.05) is 0 Å². The molecule has 2 rings (SSSR count). The fourth-order valence-electron chi connectivity index (χ4n) is 2.05. The molecule has 0 bridgehead atoms. The molecule has 0 fully saturated rings. The molecular weight excluding hydrogens is 224 g/mol. The number of hydrogen-bond acceptors (Lipinski definition) is 3. The lowest BCUT2D eigenvalue weighted by atomic mass is 9.97. The molecule has 0 saturated heterocycles. The molecule has 1 aromatic carbocycles. The van der Waals surface area contributed by atoms with Crippen LogP contribution in [0.3, 0.4) is 0 Å². The molecule has 0 aliphatic heterocycles. The zero-order valence-electron chi connectivity index (χ0n) is 11.1. The molecule has 4 heteroatoms. The predicted molar refractivity (Wildman–Crippen MR) is 72.9 cm³/mol. The van der Waals surface area contributed by atoms with Crippen LogP contribution in [-0.2, 0) is 7.05 Å². The number of nitrogens with one attached hydrogen (secondary N) is 1. The summed E-state index contributed by atoms with van der Waals surface area (Å²) in [4.78, 5) is 0. The van der Waals surface area contributed by atoms with Gasteiger partial charge in [0.25, 0.3) is 0 Å². The fourth-order valence-corrected chi connectivity index (χ4v) is 2.05. The normalized spacial score (nSPS) is 12.9. The van der Waals surface area contributed by atoms with Gasteiger partial charge in [-0.05, 0) is 17.0 Å². The first kappa shape index (κ1) is 12.8. The van der Waals surface area contributed by atoms with Crippen LogP contribution in [0.2, 0.25) is 0 Å². The van der Waals surface area contributed by atoms with Crippen LogP contribution in [0.1, 0.15) is 42.5 Å². The first-order valence-corrected chi connectivity index (χ1v) is 6.16. The largest absolute Gasteiger partial charge is 0.275 e. The third kappa shape index (κ3) is 2.60. The second kappa shape index (κ2) is 5.33. The average molecular weight is 244 g/mol. The second-order valence-corrected chi connectivity index (χ2v) is 4.87. The summed E-state index contributed by atoms with van der Waals surface area (Å²) < 4.78 is 1.78. The molecule has 18 heavy (non-hydrogen) atoms. The highest BCUT2D eigenvalue weighted by molar-refractivity contribution is 5.32. The van der Waals surface area contributed by atoms with E-state index in [4.69, 9.17) is 5.84 Å². The van der Waals surface area contributed by atoms with Gasteiger partial charge in [-0.2, -0.15) is 5.10 Å². The summed E-state index contributed by atoms with van der Waals surface area (Å²) >= 11 is 0. The molecule has 1 heterocycles. The lowest BCUT2D eigenvalue weighted by Gasteiger charge is -2.15. The Morgan fingerprint density at radius 2 is 1.72 bits per heavy atom. The highest BCUT2D eigenvalue weighted by Crippen LogP contribution is 2.23. The lowest BCUT2D eigenvalue weighted by Crippen LogP contribution is -2.28. The average Bonchev–Trinajstić information content (AvgIpc) is 2.77. The zero-order chi connectivity index (χ0) is 13.1. The molecule has 1 atom stereocenters. The van der Waals surface area contributed by atoms with Gasteiger partial charge in [0.2, 0.25) is 0 Å². The summed E-state index contributed by atoms with van der Waals surface area (Å²) in [6.07, 6.45) is 3.81. The van der Waals surface area contributed by atoms with Gasteiger partial charge in [-0.15, -0.1) is 0 Å². The smallest absolute Gasteiger partial charge is 0.0740 e. The summed E-state index contributed by atoms with van der Waals surface area (Å²) in [7, 11) is 1.90. The van der Waals surface area contributed by atoms with E-state index in [1.165, 1.54) is 5.56 Å². The van der Waals surface area contributed by atoms with Gasteiger partial charge >= 0.3 is 0 Å². The van der Waals surface area contributed by atoms with Crippen molar-refractivity contribution < 1.29 is 0 Å². The minimum atomic E-state index is -0.0140. The van der Waals surface area contributed by atoms with E-state index in [1.54, 1.807) is 4.68 Å². The molecular formula is C14H20N4. The standard InChI is InChI=1S/C14H20N4/c1-10(2)11-4-6-12(7-5-11)14(17-15)13-8-16-18(3)9-13/h4-10,14,17H,15H2,1-3H3. The van der Waals surface area contributed by atoms with Crippen LogP contribution in [0.5, 0.6) is 0 Å². The number of aromatic nitrogens is 2. The predicted octanol–water partition coefficient (Wildman–Crippen LogP) is 2.10. The Labute approximate surface area is 108 Å². The van der Waals surface area contributed by atoms with Crippen LogP contribution < -0.4 is 11.3 Å². The summed E-state index contributed by atoms with van der Waals surface area (Å²) in [5.41, 5.74) is 6.39. The second-order valence-electron chi connectivity index (χ2n) is 4.87. The Balaban J connectivity index is 2.28. The Morgan fingerprint density at radius 1 is 1.11 bits per heavy atom. The van der Waals surface area contributed by atoms with E-state index in [9.17, 15) is 0 Å². The highest BCUT2D eigenvalue weighted by Gasteiger charge is 2.14. The van der Waals surface area contributed by atoms with Crippen LogP contribution in [0.25, 0.3) is 0 Å². The first-order chi connectivity index (χ1) is 8.61. The van der Waals surface area contributed by atoms with E-state index in [-0.39, 0.29) is 6.04 Å². The first-order valence-electron chi connectivity index (χ1n) is 6.16. The molecule has 1 unspecified atom stereocenters. The zero-order valence-corrected chi connectivity index (χ0v) is 11.1. The highest BCUT2D eigenvalue weighted by atomic mass is 15.3. The van der Waals surface area contributed by atoms with Crippen LogP contribution in [0, 0.1) is 0 Å². The molecule has 2 aromatic rings. The van der Waals surface area contributed by atoms with E-state index in [0.717, 1.165) is 11.1 Å². The van der Waals surface area contributed by atoms with Crippen molar-refractivity contribution in [2.24, 2.45) is 12.9 Å². The van der Waals surface area contributed by atoms with Crippen molar-refractivity contribution in [3.8, 4) is 0 Å². The number of hydrazine groups is 1. The Kier molecular flexibility index (Phi) is 3.79. The summed E-state index contributed by atoms with van der Waals surface area (Å²) in [6.45, 7) is 4.38. The van der Waals surface area contributed by atoms with E-state index < -0.39 is 0 Å². The van der Waals surface area contributed by atoms with Crippen molar-refractivity contribution in [2.45, 2.75) is 25.8 Å². The molecule has 4 nitrogen and oxygen atoms in total. The molecule has 3 N–H and O–H groups in total. The van der Waals surface area contributed by atoms with E-state index in [0.29, 0.717) is 5.92 Å². The Morgan fingerprint density at radius 3 is 2.17 bits per heavy atom. The number of nitrogens with zero attached hydrogens (tertiary/aromatic N) is 2. The lowest BCUT2D eigenvalue weighted by molar-refractivity contribution is 0.635. The van der Waals surface area contributed by atoms with Crippen LogP contribution in [0.15, 0.2) is 36.7 Å². The minimum Gasteiger partial charge on any atom is -0.275 e. The van der Waals surface area contributed by atoms with Gasteiger partial charge in [-0.3, -0.25) is 10.5 Å². The number of hydrogen-bond donors (Lipinski definition) is 2. The number of nitrogens with two attached hydrogens (primary N) is 1. The summed E-state index contributed by atoms with van der Waals surface area (Å²) in [6, 6.07) is 8.53. The molecule has 0 saturated carbocycles. The van der Waals surface area contributed by atoms with Gasteiger partial charge in [-0.1, -0.05) is 38.1 Å². The van der Waals surface area contributed by atoms with Crippen molar-refractivity contribution in [1.29, 1.82) is 0 Å². The molecule has 96 valence electrons. The fraction of sp³-hybridized carbons (Fsp3) is 0.357. The Bertz CT molecular complexity index is 499. The van der Waals surface area contributed by atoms with Gasteiger partial charge in [0, 0.05) is 18.8 Å². The van der Waals surface area contributed by atoms with Gasteiger partial charge in [-0.25, -0.2) is 5.43 Å². The number of rotatable bonds is 4. The maximum atomic E-state index is 5.66. The van der Waals surface area contributed by atoms with E-state index in [1.807, 2.05) is 19.4 Å². The third-order valence-electron chi connectivity index (χ3n) is 3.16. The summed E-state index contributed by atoms with van der Waals surface area (Å²) in [5, 5.41) is 4.18. The van der Waals surface area contributed by atoms with Crippen LogP contribution in [0.4, 0.5) is 0 Å². The van der Waals surface area contributed by atoms with E-state index in [2.05, 4.69) is 48.6 Å². The Hall–Kier alpha value is -1.65. The maximum Gasteiger partial charge on any atom is 0.0740 e. The van der Waals surface area contributed by atoms with Crippen LogP contribution in [-0.4, -0.2) is 9.78 Å². The SMILES string of the molecule is CC(C)c1ccc(C(NN)c2cnn(C)c2)cc1. The van der Waals surface area contributed by atoms with Crippen molar-refractivity contribution in [1.82, 2.24) is 15.2 Å². The van der Waals surface area contributed by atoms with Crippen molar-refractivity contribution >= 4 is 0 Å². The third-order valence-corrected chi connectivity index (χ3v) is 3.16. The van der Waals surface area contributed by atoms with Crippen molar-refractivity contribution in [3.05, 3.63) is 53.3 Å². The van der Waals surface area contributed by atoms with Gasteiger partial charge in [0.1, 0.15) is 0 Å². The minimum absolute atomic E-state index is 0.0140. The quantitative estimate of drug-likeness (QED) is 0.639. The topological polar surface area (TPSA) is 55.9 Å². The van der Waals surface area contributed by atoms with E-state index >= 15 is 0 Å². The molecule has 0 aliphatic carbocycles. The molecule has 1 aromatic heterocycles. The number of aryl methyl sites for hydroxylation is 1. The molecule has 0 amide bonds. The maximum absolute atomic E-state index is 5.66. The molecule has 0 aliphatic rings. The van der Waals surface area contributed by atoms with Gasteiger partial charge < -0.3 is 0 Å². The van der Waals surface area contributed by atoms with Crippen LogP contribution >= 0.6 is 0 Å². The molecule has 0 spiro atoms. The van der Waals surface area contributed by atoms with Crippen molar-refractivity contribution in [3.63, 3.8) is 0 Å². The molecule has 0 radical (unpaired) electrons. The monoisotopic (exact) mass is 244 g/mol. The number of benzene rings is 1. The summed E-state index contributed by atoms with van der Waals surface area (Å²) in [5.74, 6) is 6.20.